The second kappa shape index (κ2) is 4.84. The fraction of sp³-hybridized carbons (Fsp3) is 0. The van der Waals surface area contributed by atoms with Gasteiger partial charge in [-0.05, 0) is 30.3 Å². The second-order valence-electron chi connectivity index (χ2n) is 3.65. The Morgan fingerprint density at radius 1 is 0.941 bits per heavy atom. The molecule has 0 fully saturated rings. The molecule has 3 heteroatoms. The molecule has 0 aliphatic carbocycles. The van der Waals surface area contributed by atoms with Crippen LogP contribution in [-0.4, -0.2) is 0 Å². The van der Waals surface area contributed by atoms with Crippen LogP contribution in [0, 0.1) is 0 Å². The molecule has 0 saturated heterocycles. The van der Waals surface area contributed by atoms with E-state index in [1.807, 2.05) is 11.8 Å². The Kier molecular flexibility index (Phi) is 3.23. The molecule has 0 amide bonds. The topological polar surface area (TPSA) is 0 Å². The lowest BCUT2D eigenvalue weighted by atomic mass is 10.3. The molecule has 3 aromatic rings. The first-order chi connectivity index (χ1) is 8.33. The molecule has 0 nitrogen and oxygen atoms in total. The molecule has 1 aromatic heterocycles. The number of halogens is 1. The van der Waals surface area contributed by atoms with E-state index in [-0.39, 0.29) is 0 Å². The number of fused-ring (bicyclic) bond motifs is 1. The van der Waals surface area contributed by atoms with Gasteiger partial charge in [0, 0.05) is 29.7 Å². The maximum Gasteiger partial charge on any atom is 0.0354 e. The van der Waals surface area contributed by atoms with Crippen molar-refractivity contribution in [1.82, 2.24) is 0 Å². The van der Waals surface area contributed by atoms with Gasteiger partial charge >= 0.3 is 0 Å². The van der Waals surface area contributed by atoms with Crippen LogP contribution in [-0.2, 0) is 0 Å². The van der Waals surface area contributed by atoms with Gasteiger partial charge in [-0.1, -0.05) is 45.9 Å². The molecular formula is C14H9BrS2. The third kappa shape index (κ3) is 2.41. The highest BCUT2D eigenvalue weighted by molar-refractivity contribution is 9.10. The lowest BCUT2D eigenvalue weighted by molar-refractivity contribution is 1.43. The van der Waals surface area contributed by atoms with Crippen molar-refractivity contribution in [2.75, 3.05) is 0 Å². The van der Waals surface area contributed by atoms with Crippen LogP contribution in [0.4, 0.5) is 0 Å². The molecule has 3 rings (SSSR count). The van der Waals surface area contributed by atoms with Gasteiger partial charge in [-0.25, -0.2) is 0 Å². The van der Waals surface area contributed by atoms with E-state index in [2.05, 4.69) is 69.8 Å². The molecule has 0 N–H and O–H groups in total. The van der Waals surface area contributed by atoms with E-state index in [1.54, 1.807) is 11.3 Å². The summed E-state index contributed by atoms with van der Waals surface area (Å²) in [4.78, 5) is 2.62. The lowest BCUT2D eigenvalue weighted by Gasteiger charge is -2.00. The summed E-state index contributed by atoms with van der Waals surface area (Å²) in [5.74, 6) is 0. The van der Waals surface area contributed by atoms with Gasteiger partial charge in [-0.2, -0.15) is 0 Å². The third-order valence-electron chi connectivity index (χ3n) is 2.49. The van der Waals surface area contributed by atoms with E-state index in [4.69, 9.17) is 0 Å². The molecule has 0 saturated carbocycles. The molecule has 0 unspecified atom stereocenters. The highest BCUT2D eigenvalue weighted by Gasteiger charge is 2.04. The SMILES string of the molecule is Brc1ccc(Sc2csc3ccccc23)cc1. The van der Waals surface area contributed by atoms with E-state index < -0.39 is 0 Å². The van der Waals surface area contributed by atoms with E-state index in [0.29, 0.717) is 0 Å². The van der Waals surface area contributed by atoms with Gasteiger partial charge in [-0.3, -0.25) is 0 Å². The van der Waals surface area contributed by atoms with Gasteiger partial charge in [-0.15, -0.1) is 11.3 Å². The fourth-order valence-corrected chi connectivity index (χ4v) is 3.96. The van der Waals surface area contributed by atoms with Crippen LogP contribution in [0.3, 0.4) is 0 Å². The minimum atomic E-state index is 1.12. The van der Waals surface area contributed by atoms with Gasteiger partial charge in [0.05, 0.1) is 0 Å². The van der Waals surface area contributed by atoms with E-state index in [1.165, 1.54) is 19.9 Å². The van der Waals surface area contributed by atoms with Crippen LogP contribution in [0.15, 0.2) is 68.2 Å². The van der Waals surface area contributed by atoms with Gasteiger partial charge in [0.2, 0.25) is 0 Å². The molecule has 0 aliphatic heterocycles. The van der Waals surface area contributed by atoms with Crippen LogP contribution < -0.4 is 0 Å². The predicted molar refractivity (Wildman–Crippen MR) is 80.1 cm³/mol. The van der Waals surface area contributed by atoms with Crippen molar-refractivity contribution < 1.29 is 0 Å². The summed E-state index contributed by atoms with van der Waals surface area (Å²) in [5, 5.41) is 3.59. The van der Waals surface area contributed by atoms with Crippen molar-refractivity contribution in [2.24, 2.45) is 0 Å². The van der Waals surface area contributed by atoms with Gasteiger partial charge in [0.1, 0.15) is 0 Å². The Bertz CT molecular complexity index is 641. The third-order valence-corrected chi connectivity index (χ3v) is 5.19. The number of benzene rings is 2. The van der Waals surface area contributed by atoms with Gasteiger partial charge in [0.15, 0.2) is 0 Å². The summed E-state index contributed by atoms with van der Waals surface area (Å²) in [5.41, 5.74) is 0. The summed E-state index contributed by atoms with van der Waals surface area (Å²) in [6.45, 7) is 0. The van der Waals surface area contributed by atoms with Crippen molar-refractivity contribution in [2.45, 2.75) is 9.79 Å². The molecule has 0 aliphatic rings. The van der Waals surface area contributed by atoms with Crippen LogP contribution in [0.1, 0.15) is 0 Å². The lowest BCUT2D eigenvalue weighted by Crippen LogP contribution is -1.71. The summed E-state index contributed by atoms with van der Waals surface area (Å²) in [6.07, 6.45) is 0. The zero-order valence-corrected chi connectivity index (χ0v) is 12.1. The summed E-state index contributed by atoms with van der Waals surface area (Å²) < 4.78 is 2.48. The first-order valence-electron chi connectivity index (χ1n) is 5.22. The Morgan fingerprint density at radius 3 is 2.53 bits per heavy atom. The minimum absolute atomic E-state index is 1.12. The second-order valence-corrected chi connectivity index (χ2v) is 6.59. The van der Waals surface area contributed by atoms with Crippen LogP contribution >= 0.6 is 39.0 Å². The molecule has 0 atom stereocenters. The van der Waals surface area contributed by atoms with E-state index in [0.717, 1.165) is 4.47 Å². The zero-order chi connectivity index (χ0) is 11.7. The monoisotopic (exact) mass is 320 g/mol. The molecule has 84 valence electrons. The van der Waals surface area contributed by atoms with Crippen LogP contribution in [0.5, 0.6) is 0 Å². The van der Waals surface area contributed by atoms with Crippen molar-refractivity contribution in [3.05, 3.63) is 58.4 Å². The minimum Gasteiger partial charge on any atom is -0.143 e. The molecule has 1 heterocycles. The highest BCUT2D eigenvalue weighted by atomic mass is 79.9. The summed E-state index contributed by atoms with van der Waals surface area (Å²) in [6, 6.07) is 17.0. The number of hydrogen-bond acceptors (Lipinski definition) is 2. The quantitative estimate of drug-likeness (QED) is 0.573. The first kappa shape index (κ1) is 11.3. The Morgan fingerprint density at radius 2 is 1.71 bits per heavy atom. The molecule has 2 aromatic carbocycles. The largest absolute Gasteiger partial charge is 0.143 e. The normalized spacial score (nSPS) is 10.9. The van der Waals surface area contributed by atoms with Crippen molar-refractivity contribution in [1.29, 1.82) is 0 Å². The average molecular weight is 321 g/mol. The molecule has 0 radical (unpaired) electrons. The molecular weight excluding hydrogens is 312 g/mol. The number of thiophene rings is 1. The maximum absolute atomic E-state index is 3.46. The summed E-state index contributed by atoms with van der Waals surface area (Å²) in [7, 11) is 0. The smallest absolute Gasteiger partial charge is 0.0354 e. The Hall–Kier alpha value is -0.770. The number of rotatable bonds is 2. The maximum atomic E-state index is 3.46. The van der Waals surface area contributed by atoms with Gasteiger partial charge in [0.25, 0.3) is 0 Å². The van der Waals surface area contributed by atoms with E-state index in [9.17, 15) is 0 Å². The standard InChI is InChI=1S/C14H9BrS2/c15-10-5-7-11(8-6-10)17-14-9-16-13-4-2-1-3-12(13)14/h1-9H. The Labute approximate surface area is 117 Å². The van der Waals surface area contributed by atoms with Crippen molar-refractivity contribution >= 4 is 49.1 Å². The highest BCUT2D eigenvalue weighted by Crippen LogP contribution is 2.37. The molecule has 0 bridgehead atoms. The van der Waals surface area contributed by atoms with Gasteiger partial charge < -0.3 is 0 Å². The van der Waals surface area contributed by atoms with E-state index >= 15 is 0 Å². The first-order valence-corrected chi connectivity index (χ1v) is 7.71. The fourth-order valence-electron chi connectivity index (χ4n) is 1.66. The summed E-state index contributed by atoms with van der Waals surface area (Å²) >= 11 is 7.08. The van der Waals surface area contributed by atoms with Crippen LogP contribution in [0.25, 0.3) is 10.1 Å². The Balaban J connectivity index is 1.97. The van der Waals surface area contributed by atoms with Crippen molar-refractivity contribution in [3.63, 3.8) is 0 Å². The zero-order valence-electron chi connectivity index (χ0n) is 8.89. The predicted octanol–water partition coefficient (Wildman–Crippen LogP) is 5.82. The van der Waals surface area contributed by atoms with Crippen molar-refractivity contribution in [3.8, 4) is 0 Å². The molecule has 17 heavy (non-hydrogen) atoms. The molecule has 0 spiro atoms. The number of hydrogen-bond donors (Lipinski definition) is 0. The average Bonchev–Trinajstić information content (AvgIpc) is 2.76. The van der Waals surface area contributed by atoms with Crippen LogP contribution in [0.2, 0.25) is 0 Å².